The molecule has 22 heavy (non-hydrogen) atoms. The monoisotopic (exact) mass is 307 g/mol. The van der Waals surface area contributed by atoms with E-state index in [2.05, 4.69) is 5.32 Å². The lowest BCUT2D eigenvalue weighted by atomic mass is 9.88. The van der Waals surface area contributed by atoms with Crippen LogP contribution in [0.25, 0.3) is 0 Å². The Kier molecular flexibility index (Phi) is 5.03. The van der Waals surface area contributed by atoms with Crippen molar-refractivity contribution >= 4 is 11.9 Å². The Hall–Kier alpha value is -2.08. The summed E-state index contributed by atoms with van der Waals surface area (Å²) in [7, 11) is 1.56. The van der Waals surface area contributed by atoms with E-state index >= 15 is 0 Å². The van der Waals surface area contributed by atoms with Crippen LogP contribution in [-0.2, 0) is 14.3 Å². The molecule has 0 spiro atoms. The lowest BCUT2D eigenvalue weighted by Gasteiger charge is -2.34. The molecule has 0 bridgehead atoms. The van der Waals surface area contributed by atoms with Crippen LogP contribution in [0.2, 0.25) is 0 Å². The van der Waals surface area contributed by atoms with E-state index < -0.39 is 17.4 Å². The van der Waals surface area contributed by atoms with E-state index in [0.29, 0.717) is 19.0 Å². The van der Waals surface area contributed by atoms with Crippen molar-refractivity contribution in [2.24, 2.45) is 0 Å². The summed E-state index contributed by atoms with van der Waals surface area (Å²) >= 11 is 0. The molecule has 1 fully saturated rings. The Morgan fingerprint density at radius 3 is 2.64 bits per heavy atom. The number of carboxylic acid groups (broad SMARTS) is 1. The lowest BCUT2D eigenvalue weighted by molar-refractivity contribution is -0.152. The third kappa shape index (κ3) is 3.39. The molecule has 1 aliphatic rings. The number of carbonyl (C=O) groups excluding carboxylic acids is 1. The van der Waals surface area contributed by atoms with Gasteiger partial charge in [-0.25, -0.2) is 4.79 Å². The average Bonchev–Trinajstić information content (AvgIpc) is 2.54. The molecule has 1 saturated heterocycles. The van der Waals surface area contributed by atoms with Crippen molar-refractivity contribution in [1.82, 2.24) is 5.32 Å². The highest BCUT2D eigenvalue weighted by Gasteiger charge is 2.42. The van der Waals surface area contributed by atoms with Gasteiger partial charge in [-0.05, 0) is 24.6 Å². The van der Waals surface area contributed by atoms with Crippen LogP contribution in [0.5, 0.6) is 5.75 Å². The van der Waals surface area contributed by atoms with Crippen LogP contribution in [0.1, 0.15) is 31.2 Å². The second-order valence-corrected chi connectivity index (χ2v) is 5.49. The van der Waals surface area contributed by atoms with Gasteiger partial charge in [-0.1, -0.05) is 12.1 Å². The van der Waals surface area contributed by atoms with Gasteiger partial charge in [0.1, 0.15) is 11.3 Å². The molecule has 6 heteroatoms. The number of hydrogen-bond acceptors (Lipinski definition) is 4. The average molecular weight is 307 g/mol. The van der Waals surface area contributed by atoms with Crippen molar-refractivity contribution < 1.29 is 24.2 Å². The molecule has 0 aromatic heterocycles. The fraction of sp³-hybridized carbons (Fsp3) is 0.500. The number of hydrogen-bond donors (Lipinski definition) is 2. The van der Waals surface area contributed by atoms with Gasteiger partial charge in [-0.15, -0.1) is 0 Å². The summed E-state index contributed by atoms with van der Waals surface area (Å²) in [6.07, 6.45) is 0.553. The number of nitrogens with one attached hydrogen (secondary N) is 1. The van der Waals surface area contributed by atoms with Crippen LogP contribution in [-0.4, -0.2) is 42.8 Å². The molecule has 1 amide bonds. The van der Waals surface area contributed by atoms with Crippen molar-refractivity contribution in [2.45, 2.75) is 31.2 Å². The number of aliphatic carboxylic acids is 1. The minimum Gasteiger partial charge on any atom is -0.497 e. The van der Waals surface area contributed by atoms with Gasteiger partial charge in [0.05, 0.1) is 13.0 Å². The molecule has 6 nitrogen and oxygen atoms in total. The number of carbonyl (C=O) groups is 2. The molecule has 1 aromatic carbocycles. The molecule has 2 N–H and O–H groups in total. The summed E-state index contributed by atoms with van der Waals surface area (Å²) in [5, 5.41) is 12.2. The second-order valence-electron chi connectivity index (χ2n) is 5.49. The first-order chi connectivity index (χ1) is 10.5. The third-order valence-electron chi connectivity index (χ3n) is 4.11. The van der Waals surface area contributed by atoms with Gasteiger partial charge in [0.15, 0.2) is 0 Å². The Morgan fingerprint density at radius 1 is 1.36 bits per heavy atom. The van der Waals surface area contributed by atoms with Gasteiger partial charge in [0.25, 0.3) is 0 Å². The number of carboxylic acids is 1. The first kappa shape index (κ1) is 16.3. The van der Waals surface area contributed by atoms with E-state index in [-0.39, 0.29) is 18.7 Å². The Balaban J connectivity index is 2.14. The Bertz CT molecular complexity index is 551. The van der Waals surface area contributed by atoms with Crippen molar-refractivity contribution in [3.63, 3.8) is 0 Å². The number of benzene rings is 1. The molecule has 120 valence electrons. The normalized spacial score (nSPS) is 18.3. The number of amides is 1. The number of ether oxygens (including phenoxy) is 2. The zero-order chi connectivity index (χ0) is 16.2. The standard InChI is InChI=1S/C16H21NO5/c1-11(12-4-3-5-13(10-12)21-2)14(18)17-16(15(19)20)6-8-22-9-7-16/h3-5,10-11H,6-9H2,1-2H3,(H,17,18)(H,19,20). The molecule has 0 saturated carbocycles. The summed E-state index contributed by atoms with van der Waals surface area (Å²) in [4.78, 5) is 24.0. The molecule has 0 radical (unpaired) electrons. The van der Waals surface area contributed by atoms with Gasteiger partial charge >= 0.3 is 5.97 Å². The first-order valence-electron chi connectivity index (χ1n) is 7.25. The molecule has 1 atom stereocenters. The van der Waals surface area contributed by atoms with Gasteiger partial charge in [0, 0.05) is 26.1 Å². The number of methoxy groups -OCH3 is 1. The predicted octanol–water partition coefficient (Wildman–Crippen LogP) is 1.55. The van der Waals surface area contributed by atoms with Crippen LogP contribution in [0.15, 0.2) is 24.3 Å². The fourth-order valence-electron chi connectivity index (χ4n) is 2.52. The van der Waals surface area contributed by atoms with Crippen molar-refractivity contribution in [2.75, 3.05) is 20.3 Å². The number of rotatable bonds is 5. The maximum absolute atomic E-state index is 12.5. The maximum Gasteiger partial charge on any atom is 0.329 e. The zero-order valence-electron chi connectivity index (χ0n) is 12.8. The van der Waals surface area contributed by atoms with Crippen LogP contribution >= 0.6 is 0 Å². The second kappa shape index (κ2) is 6.79. The summed E-state index contributed by atoms with van der Waals surface area (Å²) in [6.45, 7) is 2.42. The van der Waals surface area contributed by atoms with Gasteiger partial charge < -0.3 is 19.9 Å². The van der Waals surface area contributed by atoms with Gasteiger partial charge in [-0.2, -0.15) is 0 Å². The summed E-state index contributed by atoms with van der Waals surface area (Å²) in [6, 6.07) is 7.20. The smallest absolute Gasteiger partial charge is 0.329 e. The topological polar surface area (TPSA) is 84.9 Å². The molecule has 1 aliphatic heterocycles. The van der Waals surface area contributed by atoms with E-state index in [1.54, 1.807) is 32.2 Å². The van der Waals surface area contributed by atoms with E-state index in [4.69, 9.17) is 9.47 Å². The zero-order valence-corrected chi connectivity index (χ0v) is 12.8. The highest BCUT2D eigenvalue weighted by atomic mass is 16.5. The SMILES string of the molecule is COc1cccc(C(C)C(=O)NC2(C(=O)O)CCOCC2)c1. The Labute approximate surface area is 129 Å². The van der Waals surface area contributed by atoms with E-state index in [1.807, 2.05) is 6.07 Å². The van der Waals surface area contributed by atoms with Crippen LogP contribution in [0.4, 0.5) is 0 Å². The van der Waals surface area contributed by atoms with E-state index in [1.165, 1.54) is 0 Å². The van der Waals surface area contributed by atoms with Gasteiger partial charge in [0.2, 0.25) is 5.91 Å². The molecule has 1 unspecified atom stereocenters. The summed E-state index contributed by atoms with van der Waals surface area (Å²) in [5.41, 5.74) is -0.452. The fourth-order valence-corrected chi connectivity index (χ4v) is 2.52. The lowest BCUT2D eigenvalue weighted by Crippen LogP contribution is -2.58. The predicted molar refractivity (Wildman–Crippen MR) is 80.0 cm³/mol. The van der Waals surface area contributed by atoms with Gasteiger partial charge in [-0.3, -0.25) is 4.79 Å². The third-order valence-corrected chi connectivity index (χ3v) is 4.11. The minimum atomic E-state index is -1.23. The highest BCUT2D eigenvalue weighted by molar-refractivity contribution is 5.90. The van der Waals surface area contributed by atoms with Crippen molar-refractivity contribution in [3.05, 3.63) is 29.8 Å². The minimum absolute atomic E-state index is 0.277. The Morgan fingerprint density at radius 2 is 2.05 bits per heavy atom. The highest BCUT2D eigenvalue weighted by Crippen LogP contribution is 2.25. The first-order valence-corrected chi connectivity index (χ1v) is 7.25. The largest absolute Gasteiger partial charge is 0.497 e. The molecule has 0 aliphatic carbocycles. The van der Waals surface area contributed by atoms with Crippen molar-refractivity contribution in [3.8, 4) is 5.75 Å². The summed E-state index contributed by atoms with van der Waals surface area (Å²) in [5.74, 6) is -1.12. The van der Waals surface area contributed by atoms with Crippen LogP contribution in [0, 0.1) is 0 Å². The molecule has 1 heterocycles. The van der Waals surface area contributed by atoms with E-state index in [9.17, 15) is 14.7 Å². The molecule has 1 aromatic rings. The van der Waals surface area contributed by atoms with Crippen molar-refractivity contribution in [1.29, 1.82) is 0 Å². The molecule has 2 rings (SSSR count). The molecular formula is C16H21NO5. The van der Waals surface area contributed by atoms with Crippen LogP contribution < -0.4 is 10.1 Å². The van der Waals surface area contributed by atoms with Crippen LogP contribution in [0.3, 0.4) is 0 Å². The summed E-state index contributed by atoms with van der Waals surface area (Å²) < 4.78 is 10.4. The van der Waals surface area contributed by atoms with E-state index in [0.717, 1.165) is 5.56 Å². The molecular weight excluding hydrogens is 286 g/mol. The quantitative estimate of drug-likeness (QED) is 0.862. The maximum atomic E-state index is 12.5.